The molecule has 0 heterocycles. The van der Waals surface area contributed by atoms with Gasteiger partial charge in [0, 0.05) is 25.2 Å². The van der Waals surface area contributed by atoms with Crippen molar-refractivity contribution < 1.29 is 4.79 Å². The van der Waals surface area contributed by atoms with Crippen molar-refractivity contribution >= 4 is 12.0 Å². The van der Waals surface area contributed by atoms with Crippen LogP contribution in [0.3, 0.4) is 0 Å². The topological polar surface area (TPSA) is 20.3 Å². The average Bonchev–Trinajstić information content (AvgIpc) is 2.29. The van der Waals surface area contributed by atoms with Crippen molar-refractivity contribution in [2.45, 2.75) is 26.7 Å². The van der Waals surface area contributed by atoms with Gasteiger partial charge in [-0.25, -0.2) is 0 Å². The maximum Gasteiger partial charge on any atom is 0.120 e. The zero-order chi connectivity index (χ0) is 11.1. The van der Waals surface area contributed by atoms with Crippen molar-refractivity contribution in [1.29, 1.82) is 0 Å². The molecule has 0 aromatic heterocycles. The minimum absolute atomic E-state index is 0.613. The highest BCUT2D eigenvalue weighted by atomic mass is 16.1. The Bertz CT molecular complexity index is 305. The van der Waals surface area contributed by atoms with Crippen LogP contribution < -0.4 is 4.90 Å². The lowest BCUT2D eigenvalue weighted by Crippen LogP contribution is -2.21. The van der Waals surface area contributed by atoms with Crippen molar-refractivity contribution in [1.82, 2.24) is 0 Å². The number of carbonyl (C=O) groups excluding carboxylic acids is 1. The minimum Gasteiger partial charge on any atom is -0.372 e. The van der Waals surface area contributed by atoms with E-state index in [1.807, 2.05) is 0 Å². The van der Waals surface area contributed by atoms with Gasteiger partial charge in [-0.1, -0.05) is 12.1 Å². The highest BCUT2D eigenvalue weighted by Crippen LogP contribution is 2.16. The van der Waals surface area contributed by atoms with Crippen molar-refractivity contribution in [3.63, 3.8) is 0 Å². The van der Waals surface area contributed by atoms with Crippen LogP contribution in [0.15, 0.2) is 24.3 Å². The summed E-state index contributed by atoms with van der Waals surface area (Å²) in [4.78, 5) is 12.6. The van der Waals surface area contributed by atoms with Crippen molar-refractivity contribution in [2.24, 2.45) is 0 Å². The molecule has 0 aliphatic rings. The van der Waals surface area contributed by atoms with Gasteiger partial charge in [0.15, 0.2) is 0 Å². The van der Waals surface area contributed by atoms with E-state index in [-0.39, 0.29) is 0 Å². The van der Waals surface area contributed by atoms with Gasteiger partial charge in [0.25, 0.3) is 0 Å². The van der Waals surface area contributed by atoms with Crippen molar-refractivity contribution in [2.75, 3.05) is 18.0 Å². The third kappa shape index (κ3) is 3.39. The van der Waals surface area contributed by atoms with Crippen LogP contribution in [0.2, 0.25) is 0 Å². The minimum atomic E-state index is 0.613. The van der Waals surface area contributed by atoms with Crippen LogP contribution in [0.5, 0.6) is 0 Å². The summed E-state index contributed by atoms with van der Waals surface area (Å²) in [5.74, 6) is 0. The summed E-state index contributed by atoms with van der Waals surface area (Å²) in [6.45, 7) is 6.35. The Morgan fingerprint density at radius 3 is 2.60 bits per heavy atom. The number of benzene rings is 1. The third-order valence-electron chi connectivity index (χ3n) is 2.59. The van der Waals surface area contributed by atoms with Gasteiger partial charge in [0.05, 0.1) is 0 Å². The molecular weight excluding hydrogens is 186 g/mol. The fraction of sp³-hybridized carbons (Fsp3) is 0.462. The average molecular weight is 205 g/mol. The first-order valence-corrected chi connectivity index (χ1v) is 5.59. The first-order chi connectivity index (χ1) is 7.31. The third-order valence-corrected chi connectivity index (χ3v) is 2.59. The molecular formula is C13H19NO. The second-order valence-corrected chi connectivity index (χ2v) is 3.55. The number of anilines is 1. The first kappa shape index (κ1) is 11.8. The lowest BCUT2D eigenvalue weighted by Gasteiger charge is -2.21. The van der Waals surface area contributed by atoms with E-state index in [4.69, 9.17) is 0 Å². The van der Waals surface area contributed by atoms with E-state index in [0.717, 1.165) is 25.8 Å². The predicted octanol–water partition coefficient (Wildman–Crippen LogP) is 2.66. The fourth-order valence-corrected chi connectivity index (χ4v) is 1.72. The summed E-state index contributed by atoms with van der Waals surface area (Å²) >= 11 is 0. The van der Waals surface area contributed by atoms with E-state index in [2.05, 4.69) is 43.0 Å². The molecule has 1 aromatic carbocycles. The van der Waals surface area contributed by atoms with Gasteiger partial charge in [-0.3, -0.25) is 0 Å². The summed E-state index contributed by atoms with van der Waals surface area (Å²) in [6.07, 6.45) is 2.43. The zero-order valence-electron chi connectivity index (χ0n) is 9.57. The van der Waals surface area contributed by atoms with Crippen LogP contribution in [0.25, 0.3) is 0 Å². The lowest BCUT2D eigenvalue weighted by atomic mass is 10.1. The van der Waals surface area contributed by atoms with Gasteiger partial charge in [-0.05, 0) is 38.0 Å². The molecule has 0 N–H and O–H groups in total. The summed E-state index contributed by atoms with van der Waals surface area (Å²) in [5, 5.41) is 0. The Kier molecular flexibility index (Phi) is 4.88. The fourth-order valence-electron chi connectivity index (χ4n) is 1.72. The molecule has 2 nitrogen and oxygen atoms in total. The SMILES string of the molecule is CCN(CC)c1cccc(CCC=O)c1. The number of rotatable bonds is 6. The molecule has 82 valence electrons. The molecule has 0 bridgehead atoms. The molecule has 0 spiro atoms. The quantitative estimate of drug-likeness (QED) is 0.665. The van der Waals surface area contributed by atoms with Gasteiger partial charge in [-0.15, -0.1) is 0 Å². The summed E-state index contributed by atoms with van der Waals surface area (Å²) in [7, 11) is 0. The molecule has 0 amide bonds. The Morgan fingerprint density at radius 1 is 1.27 bits per heavy atom. The van der Waals surface area contributed by atoms with Crippen LogP contribution in [-0.2, 0) is 11.2 Å². The van der Waals surface area contributed by atoms with E-state index in [1.54, 1.807) is 0 Å². The second kappa shape index (κ2) is 6.23. The summed E-state index contributed by atoms with van der Waals surface area (Å²) in [6, 6.07) is 8.44. The molecule has 1 aromatic rings. The molecule has 0 atom stereocenters. The van der Waals surface area contributed by atoms with Gasteiger partial charge < -0.3 is 9.69 Å². The summed E-state index contributed by atoms with van der Waals surface area (Å²) in [5.41, 5.74) is 2.50. The molecule has 0 saturated carbocycles. The van der Waals surface area contributed by atoms with Crippen LogP contribution in [-0.4, -0.2) is 19.4 Å². The van der Waals surface area contributed by atoms with Gasteiger partial charge >= 0.3 is 0 Å². The van der Waals surface area contributed by atoms with Crippen LogP contribution in [0, 0.1) is 0 Å². The molecule has 15 heavy (non-hydrogen) atoms. The lowest BCUT2D eigenvalue weighted by molar-refractivity contribution is -0.107. The monoisotopic (exact) mass is 205 g/mol. The maximum atomic E-state index is 10.3. The number of aryl methyl sites for hydroxylation is 1. The highest BCUT2D eigenvalue weighted by Gasteiger charge is 2.01. The highest BCUT2D eigenvalue weighted by molar-refractivity contribution is 5.52. The van der Waals surface area contributed by atoms with Gasteiger partial charge in [0.1, 0.15) is 6.29 Å². The number of hydrogen-bond acceptors (Lipinski definition) is 2. The Labute approximate surface area is 91.9 Å². The van der Waals surface area contributed by atoms with E-state index in [9.17, 15) is 4.79 Å². The number of carbonyl (C=O) groups is 1. The Morgan fingerprint density at radius 2 is 2.00 bits per heavy atom. The van der Waals surface area contributed by atoms with Crippen molar-refractivity contribution in [3.05, 3.63) is 29.8 Å². The molecule has 0 aliphatic heterocycles. The van der Waals surface area contributed by atoms with Gasteiger partial charge in [-0.2, -0.15) is 0 Å². The Hall–Kier alpha value is -1.31. The molecule has 0 fully saturated rings. The van der Waals surface area contributed by atoms with Gasteiger partial charge in [0.2, 0.25) is 0 Å². The number of nitrogens with zero attached hydrogens (tertiary/aromatic N) is 1. The number of hydrogen-bond donors (Lipinski definition) is 0. The smallest absolute Gasteiger partial charge is 0.120 e. The van der Waals surface area contributed by atoms with Crippen LogP contribution >= 0.6 is 0 Å². The van der Waals surface area contributed by atoms with E-state index < -0.39 is 0 Å². The summed E-state index contributed by atoms with van der Waals surface area (Å²) < 4.78 is 0. The Balaban J connectivity index is 2.76. The molecule has 0 saturated heterocycles. The van der Waals surface area contributed by atoms with Crippen molar-refractivity contribution in [3.8, 4) is 0 Å². The van der Waals surface area contributed by atoms with E-state index in [0.29, 0.717) is 6.42 Å². The zero-order valence-corrected chi connectivity index (χ0v) is 9.57. The normalized spacial score (nSPS) is 10.0. The largest absolute Gasteiger partial charge is 0.372 e. The van der Waals surface area contributed by atoms with Crippen LogP contribution in [0.4, 0.5) is 5.69 Å². The van der Waals surface area contributed by atoms with Crippen LogP contribution in [0.1, 0.15) is 25.8 Å². The first-order valence-electron chi connectivity index (χ1n) is 5.59. The molecule has 0 unspecified atom stereocenters. The molecule has 0 aliphatic carbocycles. The van der Waals surface area contributed by atoms with E-state index >= 15 is 0 Å². The molecule has 2 heteroatoms. The van der Waals surface area contributed by atoms with E-state index in [1.165, 1.54) is 11.3 Å². The predicted molar refractivity (Wildman–Crippen MR) is 64.4 cm³/mol. The number of aldehydes is 1. The molecule has 1 rings (SSSR count). The standard InChI is InChI=1S/C13H19NO/c1-3-14(4-2)13-9-5-7-12(11-13)8-6-10-15/h5,7,9-11H,3-4,6,8H2,1-2H3. The maximum absolute atomic E-state index is 10.3. The molecule has 0 radical (unpaired) electrons. The second-order valence-electron chi connectivity index (χ2n) is 3.55.